The maximum Gasteiger partial charge on any atom is 0.322 e. The first-order valence-corrected chi connectivity index (χ1v) is 5.52. The van der Waals surface area contributed by atoms with E-state index >= 15 is 0 Å². The number of carbonyl (C=O) groups excluding carboxylic acids is 1. The highest BCUT2D eigenvalue weighted by molar-refractivity contribution is 5.75. The molecule has 1 atom stereocenters. The Morgan fingerprint density at radius 1 is 1.69 bits per heavy atom. The number of rotatable bonds is 6. The Labute approximate surface area is 95.8 Å². The normalized spacial score (nSPS) is 12.4. The second-order valence-corrected chi connectivity index (χ2v) is 3.62. The van der Waals surface area contributed by atoms with E-state index in [-0.39, 0.29) is 12.0 Å². The van der Waals surface area contributed by atoms with Crippen molar-refractivity contribution in [2.24, 2.45) is 7.05 Å². The van der Waals surface area contributed by atoms with Gasteiger partial charge in [0.25, 0.3) is 0 Å². The molecule has 5 heteroatoms. The summed E-state index contributed by atoms with van der Waals surface area (Å²) in [5.41, 5.74) is 1.14. The Balaban J connectivity index is 2.25. The van der Waals surface area contributed by atoms with Crippen molar-refractivity contribution in [1.82, 2.24) is 15.1 Å². The lowest BCUT2D eigenvalue weighted by Crippen LogP contribution is -2.36. The van der Waals surface area contributed by atoms with Gasteiger partial charge < -0.3 is 10.1 Å². The van der Waals surface area contributed by atoms with Gasteiger partial charge in [-0.3, -0.25) is 9.48 Å². The summed E-state index contributed by atoms with van der Waals surface area (Å²) >= 11 is 0. The summed E-state index contributed by atoms with van der Waals surface area (Å²) < 4.78 is 6.73. The molecule has 1 N–H and O–H groups in total. The Bertz CT molecular complexity index is 336. The summed E-state index contributed by atoms with van der Waals surface area (Å²) in [5, 5.41) is 7.19. The highest BCUT2D eigenvalue weighted by Crippen LogP contribution is 1.97. The SMILES string of the molecule is CCOC(=O)C(C)NCCc1ccnn1C. The van der Waals surface area contributed by atoms with Gasteiger partial charge in [0, 0.05) is 31.9 Å². The van der Waals surface area contributed by atoms with E-state index in [0.717, 1.165) is 18.7 Å². The zero-order valence-corrected chi connectivity index (χ0v) is 10.1. The van der Waals surface area contributed by atoms with Crippen molar-refractivity contribution in [2.45, 2.75) is 26.3 Å². The molecule has 0 aromatic carbocycles. The standard InChI is InChI=1S/C11H19N3O2/c1-4-16-11(15)9(2)12-7-5-10-6-8-13-14(10)3/h6,8-9,12H,4-5,7H2,1-3H3. The van der Waals surface area contributed by atoms with Crippen LogP contribution in [0.15, 0.2) is 12.3 Å². The van der Waals surface area contributed by atoms with Crippen LogP contribution < -0.4 is 5.32 Å². The monoisotopic (exact) mass is 225 g/mol. The van der Waals surface area contributed by atoms with Gasteiger partial charge >= 0.3 is 5.97 Å². The van der Waals surface area contributed by atoms with Crippen LogP contribution in [-0.4, -0.2) is 34.9 Å². The highest BCUT2D eigenvalue weighted by Gasteiger charge is 2.12. The number of esters is 1. The molecule has 1 aromatic rings. The Kier molecular flexibility index (Phi) is 4.98. The van der Waals surface area contributed by atoms with Gasteiger partial charge in [0.2, 0.25) is 0 Å². The van der Waals surface area contributed by atoms with Gasteiger partial charge in [-0.15, -0.1) is 0 Å². The predicted molar refractivity (Wildman–Crippen MR) is 61.0 cm³/mol. The number of aryl methyl sites for hydroxylation is 1. The molecule has 16 heavy (non-hydrogen) atoms. The van der Waals surface area contributed by atoms with Gasteiger partial charge in [-0.05, 0) is 19.9 Å². The molecule has 1 aromatic heterocycles. The molecule has 0 radical (unpaired) electrons. The topological polar surface area (TPSA) is 56.1 Å². The number of ether oxygens (including phenoxy) is 1. The molecule has 0 saturated heterocycles. The van der Waals surface area contributed by atoms with Gasteiger partial charge in [0.05, 0.1) is 6.61 Å². The Morgan fingerprint density at radius 2 is 2.44 bits per heavy atom. The van der Waals surface area contributed by atoms with E-state index in [0.29, 0.717) is 6.61 Å². The summed E-state index contributed by atoms with van der Waals surface area (Å²) in [5.74, 6) is -0.201. The van der Waals surface area contributed by atoms with Crippen LogP contribution in [0.5, 0.6) is 0 Å². The van der Waals surface area contributed by atoms with Crippen molar-refractivity contribution in [3.05, 3.63) is 18.0 Å². The van der Waals surface area contributed by atoms with E-state index in [2.05, 4.69) is 10.4 Å². The molecule has 0 spiro atoms. The first-order valence-electron chi connectivity index (χ1n) is 5.52. The molecule has 0 saturated carbocycles. The lowest BCUT2D eigenvalue weighted by atomic mass is 10.3. The second kappa shape index (κ2) is 6.27. The van der Waals surface area contributed by atoms with Gasteiger partial charge in [-0.25, -0.2) is 0 Å². The lowest BCUT2D eigenvalue weighted by molar-refractivity contribution is -0.145. The van der Waals surface area contributed by atoms with Crippen molar-refractivity contribution in [3.8, 4) is 0 Å². The molecule has 5 nitrogen and oxygen atoms in total. The van der Waals surface area contributed by atoms with Crippen LogP contribution in [0.25, 0.3) is 0 Å². The summed E-state index contributed by atoms with van der Waals surface area (Å²) in [7, 11) is 1.91. The third-order valence-electron chi connectivity index (χ3n) is 2.39. The summed E-state index contributed by atoms with van der Waals surface area (Å²) in [4.78, 5) is 11.3. The average molecular weight is 225 g/mol. The van der Waals surface area contributed by atoms with Crippen LogP contribution in [-0.2, 0) is 23.0 Å². The van der Waals surface area contributed by atoms with Gasteiger partial charge in [0.1, 0.15) is 6.04 Å². The van der Waals surface area contributed by atoms with Crippen LogP contribution in [0.1, 0.15) is 19.5 Å². The third-order valence-corrected chi connectivity index (χ3v) is 2.39. The fraction of sp³-hybridized carbons (Fsp3) is 0.636. The number of nitrogens with zero attached hydrogens (tertiary/aromatic N) is 2. The molecule has 1 rings (SSSR count). The van der Waals surface area contributed by atoms with E-state index in [1.807, 2.05) is 17.8 Å². The fourth-order valence-electron chi connectivity index (χ4n) is 1.41. The minimum atomic E-state index is -0.256. The molecule has 0 fully saturated rings. The number of aromatic nitrogens is 2. The number of carbonyl (C=O) groups is 1. The molecule has 0 aliphatic rings. The highest BCUT2D eigenvalue weighted by atomic mass is 16.5. The molecule has 90 valence electrons. The van der Waals surface area contributed by atoms with Crippen molar-refractivity contribution in [1.29, 1.82) is 0 Å². The van der Waals surface area contributed by atoms with Crippen LogP contribution >= 0.6 is 0 Å². The Morgan fingerprint density at radius 3 is 3.00 bits per heavy atom. The van der Waals surface area contributed by atoms with Gasteiger partial charge in [0.15, 0.2) is 0 Å². The first-order chi connectivity index (χ1) is 7.65. The minimum Gasteiger partial charge on any atom is -0.465 e. The number of hydrogen-bond donors (Lipinski definition) is 1. The van der Waals surface area contributed by atoms with E-state index in [1.165, 1.54) is 0 Å². The van der Waals surface area contributed by atoms with Crippen molar-refractivity contribution < 1.29 is 9.53 Å². The first kappa shape index (κ1) is 12.7. The largest absolute Gasteiger partial charge is 0.465 e. The molecule has 0 aliphatic carbocycles. The maximum absolute atomic E-state index is 11.3. The smallest absolute Gasteiger partial charge is 0.322 e. The van der Waals surface area contributed by atoms with E-state index in [9.17, 15) is 4.79 Å². The molecule has 1 unspecified atom stereocenters. The summed E-state index contributed by atoms with van der Waals surface area (Å²) in [6, 6.07) is 1.71. The fourth-order valence-corrected chi connectivity index (χ4v) is 1.41. The summed E-state index contributed by atoms with van der Waals surface area (Å²) in [6.45, 7) is 4.77. The quantitative estimate of drug-likeness (QED) is 0.716. The number of nitrogens with one attached hydrogen (secondary N) is 1. The van der Waals surface area contributed by atoms with E-state index in [4.69, 9.17) is 4.74 Å². The molecule has 0 amide bonds. The van der Waals surface area contributed by atoms with E-state index in [1.54, 1.807) is 20.0 Å². The average Bonchev–Trinajstić information content (AvgIpc) is 2.65. The molecule has 0 aliphatic heterocycles. The number of hydrogen-bond acceptors (Lipinski definition) is 4. The van der Waals surface area contributed by atoms with Gasteiger partial charge in [-0.2, -0.15) is 5.10 Å². The second-order valence-electron chi connectivity index (χ2n) is 3.62. The minimum absolute atomic E-state index is 0.201. The molecular weight excluding hydrogens is 206 g/mol. The van der Waals surface area contributed by atoms with Crippen LogP contribution in [0.3, 0.4) is 0 Å². The lowest BCUT2D eigenvalue weighted by Gasteiger charge is -2.12. The molecular formula is C11H19N3O2. The molecule has 1 heterocycles. The van der Waals surface area contributed by atoms with Crippen molar-refractivity contribution in [2.75, 3.05) is 13.2 Å². The summed E-state index contributed by atoms with van der Waals surface area (Å²) in [6.07, 6.45) is 2.62. The zero-order valence-electron chi connectivity index (χ0n) is 10.1. The van der Waals surface area contributed by atoms with Crippen LogP contribution in [0.2, 0.25) is 0 Å². The predicted octanol–water partition coefficient (Wildman–Crippen LogP) is 0.504. The maximum atomic E-state index is 11.3. The Hall–Kier alpha value is -1.36. The van der Waals surface area contributed by atoms with Crippen LogP contribution in [0, 0.1) is 0 Å². The van der Waals surface area contributed by atoms with E-state index < -0.39 is 0 Å². The van der Waals surface area contributed by atoms with Crippen molar-refractivity contribution >= 4 is 5.97 Å². The van der Waals surface area contributed by atoms with Gasteiger partial charge in [-0.1, -0.05) is 0 Å². The zero-order chi connectivity index (χ0) is 12.0. The van der Waals surface area contributed by atoms with Crippen molar-refractivity contribution in [3.63, 3.8) is 0 Å². The van der Waals surface area contributed by atoms with Crippen LogP contribution in [0.4, 0.5) is 0 Å². The third kappa shape index (κ3) is 3.66. The molecule has 0 bridgehead atoms.